The first-order chi connectivity index (χ1) is 10.7. The summed E-state index contributed by atoms with van der Waals surface area (Å²) in [7, 11) is 0. The van der Waals surface area contributed by atoms with Gasteiger partial charge >= 0.3 is 0 Å². The van der Waals surface area contributed by atoms with Crippen LogP contribution in [0.15, 0.2) is 18.2 Å². The third-order valence-corrected chi connectivity index (χ3v) is 4.54. The highest BCUT2D eigenvalue weighted by Gasteiger charge is 2.15. The van der Waals surface area contributed by atoms with Gasteiger partial charge in [-0.25, -0.2) is 4.39 Å². The van der Waals surface area contributed by atoms with Crippen molar-refractivity contribution in [2.75, 3.05) is 44.2 Å². The van der Waals surface area contributed by atoms with Crippen LogP contribution in [0.2, 0.25) is 0 Å². The van der Waals surface area contributed by atoms with E-state index in [2.05, 4.69) is 29.0 Å². The lowest BCUT2D eigenvalue weighted by Crippen LogP contribution is -2.32. The number of nitrogens with one attached hydrogen (secondary N) is 1. The van der Waals surface area contributed by atoms with Gasteiger partial charge in [-0.3, -0.25) is 0 Å². The van der Waals surface area contributed by atoms with Crippen LogP contribution >= 0.6 is 0 Å². The molecule has 1 N–H and O–H groups in total. The molecule has 1 aliphatic heterocycles. The van der Waals surface area contributed by atoms with Gasteiger partial charge in [0.05, 0.1) is 5.69 Å². The fraction of sp³-hybridized carbons (Fsp3) is 0.667. The Kier molecular flexibility index (Phi) is 7.13. The molecule has 1 aliphatic rings. The summed E-state index contributed by atoms with van der Waals surface area (Å²) >= 11 is 0. The molecular weight excluding hydrogens is 277 g/mol. The van der Waals surface area contributed by atoms with E-state index in [1.54, 1.807) is 6.07 Å². The molecule has 0 atom stereocenters. The lowest BCUT2D eigenvalue weighted by atomic mass is 10.1. The zero-order chi connectivity index (χ0) is 15.8. The van der Waals surface area contributed by atoms with Crippen molar-refractivity contribution in [2.45, 2.75) is 39.7 Å². The van der Waals surface area contributed by atoms with Gasteiger partial charge in [-0.05, 0) is 50.0 Å². The minimum atomic E-state index is -0.0891. The predicted octanol–water partition coefficient (Wildman–Crippen LogP) is 3.25. The first-order valence-corrected chi connectivity index (χ1v) is 8.71. The van der Waals surface area contributed by atoms with Crippen LogP contribution in [0.1, 0.15) is 38.7 Å². The molecule has 4 heteroatoms. The van der Waals surface area contributed by atoms with Crippen LogP contribution in [-0.2, 0) is 6.54 Å². The summed E-state index contributed by atoms with van der Waals surface area (Å²) in [6, 6.07) is 5.53. The molecule has 1 aromatic carbocycles. The summed E-state index contributed by atoms with van der Waals surface area (Å²) in [6.45, 7) is 11.4. The average Bonchev–Trinajstić information content (AvgIpc) is 2.57. The van der Waals surface area contributed by atoms with Crippen molar-refractivity contribution < 1.29 is 4.39 Å². The first kappa shape index (κ1) is 17.2. The molecular formula is C18H30FN3. The molecule has 0 spiro atoms. The quantitative estimate of drug-likeness (QED) is 0.744. The number of hydrogen-bond donors (Lipinski definition) is 1. The number of halogens is 1. The molecule has 0 aromatic heterocycles. The van der Waals surface area contributed by atoms with E-state index in [-0.39, 0.29) is 5.82 Å². The highest BCUT2D eigenvalue weighted by molar-refractivity contribution is 5.50. The molecule has 0 amide bonds. The zero-order valence-electron chi connectivity index (χ0n) is 14.1. The van der Waals surface area contributed by atoms with Crippen LogP contribution in [0.25, 0.3) is 0 Å². The fourth-order valence-electron chi connectivity index (χ4n) is 3.06. The highest BCUT2D eigenvalue weighted by atomic mass is 19.1. The van der Waals surface area contributed by atoms with Crippen LogP contribution in [0.4, 0.5) is 10.1 Å². The van der Waals surface area contributed by atoms with E-state index in [0.29, 0.717) is 0 Å². The number of piperidine rings is 1. The van der Waals surface area contributed by atoms with Crippen LogP contribution in [0, 0.1) is 5.82 Å². The van der Waals surface area contributed by atoms with Gasteiger partial charge in [0.15, 0.2) is 0 Å². The van der Waals surface area contributed by atoms with Gasteiger partial charge in [0.1, 0.15) is 5.82 Å². The lowest BCUT2D eigenvalue weighted by molar-refractivity contribution is 0.302. The van der Waals surface area contributed by atoms with E-state index in [4.69, 9.17) is 0 Å². The molecule has 1 saturated heterocycles. The summed E-state index contributed by atoms with van der Waals surface area (Å²) in [5.41, 5.74) is 1.95. The van der Waals surface area contributed by atoms with Crippen molar-refractivity contribution in [2.24, 2.45) is 0 Å². The molecule has 0 unspecified atom stereocenters. The second-order valence-corrected chi connectivity index (χ2v) is 6.04. The van der Waals surface area contributed by atoms with Crippen molar-refractivity contribution in [3.63, 3.8) is 0 Å². The number of rotatable bonds is 8. The standard InChI is InChI=1S/C18H30FN3/c1-3-21(4-2)13-10-20-15-16-8-9-17(19)18(14-16)22-11-6-5-7-12-22/h8-9,14,20H,3-7,10-13,15H2,1-2H3. The molecule has 1 heterocycles. The van der Waals surface area contributed by atoms with Crippen molar-refractivity contribution in [3.05, 3.63) is 29.6 Å². The van der Waals surface area contributed by atoms with Gasteiger partial charge < -0.3 is 15.1 Å². The number of likely N-dealkylation sites (N-methyl/N-ethyl adjacent to an activating group) is 1. The van der Waals surface area contributed by atoms with E-state index in [1.807, 2.05) is 12.1 Å². The number of hydrogen-bond acceptors (Lipinski definition) is 3. The molecule has 1 fully saturated rings. The minimum absolute atomic E-state index is 0.0891. The van der Waals surface area contributed by atoms with Gasteiger partial charge in [-0.1, -0.05) is 19.9 Å². The monoisotopic (exact) mass is 307 g/mol. The third-order valence-electron chi connectivity index (χ3n) is 4.54. The molecule has 3 nitrogen and oxygen atoms in total. The summed E-state index contributed by atoms with van der Waals surface area (Å²) in [5, 5.41) is 3.47. The summed E-state index contributed by atoms with van der Waals surface area (Å²) in [6.07, 6.45) is 3.61. The maximum Gasteiger partial charge on any atom is 0.146 e. The Hall–Kier alpha value is -1.13. The third kappa shape index (κ3) is 4.96. The SMILES string of the molecule is CCN(CC)CCNCc1ccc(F)c(N2CCCCC2)c1. The lowest BCUT2D eigenvalue weighted by Gasteiger charge is -2.29. The summed E-state index contributed by atoms with van der Waals surface area (Å²) in [5.74, 6) is -0.0891. The first-order valence-electron chi connectivity index (χ1n) is 8.71. The Morgan fingerprint density at radius 3 is 2.55 bits per heavy atom. The van der Waals surface area contributed by atoms with Gasteiger partial charge in [-0.15, -0.1) is 0 Å². The maximum absolute atomic E-state index is 14.1. The largest absolute Gasteiger partial charge is 0.369 e. The Bertz CT molecular complexity index is 440. The maximum atomic E-state index is 14.1. The van der Waals surface area contributed by atoms with Crippen molar-refractivity contribution in [1.29, 1.82) is 0 Å². The molecule has 0 saturated carbocycles. The number of anilines is 1. The molecule has 22 heavy (non-hydrogen) atoms. The zero-order valence-corrected chi connectivity index (χ0v) is 14.1. The van der Waals surface area contributed by atoms with Gasteiger partial charge in [0.2, 0.25) is 0 Å². The fourth-order valence-corrected chi connectivity index (χ4v) is 3.06. The van der Waals surface area contributed by atoms with Crippen molar-refractivity contribution in [3.8, 4) is 0 Å². The Balaban J connectivity index is 1.86. The molecule has 0 bridgehead atoms. The van der Waals surface area contributed by atoms with Gasteiger partial charge in [-0.2, -0.15) is 0 Å². The topological polar surface area (TPSA) is 18.5 Å². The molecule has 0 aliphatic carbocycles. The Morgan fingerprint density at radius 2 is 1.86 bits per heavy atom. The summed E-state index contributed by atoms with van der Waals surface area (Å²) < 4.78 is 14.1. The molecule has 124 valence electrons. The van der Waals surface area contributed by atoms with E-state index in [1.165, 1.54) is 24.8 Å². The summed E-state index contributed by atoms with van der Waals surface area (Å²) in [4.78, 5) is 4.59. The van der Waals surface area contributed by atoms with Crippen molar-refractivity contribution in [1.82, 2.24) is 10.2 Å². The van der Waals surface area contributed by atoms with Crippen LogP contribution < -0.4 is 10.2 Å². The number of benzene rings is 1. The normalized spacial score (nSPS) is 15.5. The molecule has 0 radical (unpaired) electrons. The molecule has 2 rings (SSSR count). The Morgan fingerprint density at radius 1 is 1.14 bits per heavy atom. The van der Waals surface area contributed by atoms with Gasteiger partial charge in [0, 0.05) is 32.7 Å². The van der Waals surface area contributed by atoms with Crippen LogP contribution in [-0.4, -0.2) is 44.2 Å². The van der Waals surface area contributed by atoms with Gasteiger partial charge in [0.25, 0.3) is 0 Å². The highest BCUT2D eigenvalue weighted by Crippen LogP contribution is 2.24. The second-order valence-electron chi connectivity index (χ2n) is 6.04. The average molecular weight is 307 g/mol. The van der Waals surface area contributed by atoms with Crippen molar-refractivity contribution >= 4 is 5.69 Å². The van der Waals surface area contributed by atoms with E-state index >= 15 is 0 Å². The Labute approximate surface area is 134 Å². The van der Waals surface area contributed by atoms with Crippen LogP contribution in [0.5, 0.6) is 0 Å². The van der Waals surface area contributed by atoms with E-state index in [9.17, 15) is 4.39 Å². The van der Waals surface area contributed by atoms with Crippen LogP contribution in [0.3, 0.4) is 0 Å². The minimum Gasteiger partial charge on any atom is -0.369 e. The van der Waals surface area contributed by atoms with E-state index in [0.717, 1.165) is 51.5 Å². The number of nitrogens with zero attached hydrogens (tertiary/aromatic N) is 2. The predicted molar refractivity (Wildman–Crippen MR) is 92.0 cm³/mol. The second kappa shape index (κ2) is 9.11. The van der Waals surface area contributed by atoms with E-state index < -0.39 is 0 Å². The smallest absolute Gasteiger partial charge is 0.146 e. The molecule has 1 aromatic rings.